The minimum absolute atomic E-state index is 0.220. The third kappa shape index (κ3) is 6.57. The van der Waals surface area contributed by atoms with Crippen molar-refractivity contribution >= 4 is 11.9 Å². The second kappa shape index (κ2) is 8.38. The standard InChI is InChI=1S/C12H15NO2.C2HF3O2/c14-12(11-4-2-1-3-5-11)15-9-10-6-7-13-8-10;3-2(4,5)1(6)7/h1-5,10,13H,6-9H2;(H,6,7)/t10-;/m0./s1. The Kier molecular flexibility index (Phi) is 6.84. The molecule has 8 heteroatoms. The minimum Gasteiger partial charge on any atom is -0.475 e. The number of alkyl halides is 3. The lowest BCUT2D eigenvalue weighted by Crippen LogP contribution is -2.21. The van der Waals surface area contributed by atoms with Crippen molar-refractivity contribution in [3.05, 3.63) is 35.9 Å². The summed E-state index contributed by atoms with van der Waals surface area (Å²) in [6.07, 6.45) is -3.98. The number of benzene rings is 1. The highest BCUT2D eigenvalue weighted by molar-refractivity contribution is 5.89. The first-order valence-corrected chi connectivity index (χ1v) is 6.53. The van der Waals surface area contributed by atoms with Gasteiger partial charge in [-0.25, -0.2) is 9.59 Å². The van der Waals surface area contributed by atoms with Gasteiger partial charge in [-0.2, -0.15) is 13.2 Å². The topological polar surface area (TPSA) is 75.6 Å². The second-order valence-electron chi connectivity index (χ2n) is 4.63. The molecule has 0 aromatic heterocycles. The van der Waals surface area contributed by atoms with Gasteiger partial charge >= 0.3 is 18.1 Å². The largest absolute Gasteiger partial charge is 0.490 e. The van der Waals surface area contributed by atoms with Gasteiger partial charge in [0.2, 0.25) is 0 Å². The number of carbonyl (C=O) groups excluding carboxylic acids is 1. The van der Waals surface area contributed by atoms with Gasteiger partial charge in [0.05, 0.1) is 12.2 Å². The zero-order valence-corrected chi connectivity index (χ0v) is 11.6. The van der Waals surface area contributed by atoms with Crippen LogP contribution in [0, 0.1) is 5.92 Å². The number of nitrogens with one attached hydrogen (secondary N) is 1. The van der Waals surface area contributed by atoms with Crippen molar-refractivity contribution in [2.75, 3.05) is 19.7 Å². The Labute approximate surface area is 125 Å². The highest BCUT2D eigenvalue weighted by Crippen LogP contribution is 2.13. The van der Waals surface area contributed by atoms with Crippen LogP contribution < -0.4 is 5.32 Å². The highest BCUT2D eigenvalue weighted by atomic mass is 19.4. The fourth-order valence-corrected chi connectivity index (χ4v) is 1.71. The van der Waals surface area contributed by atoms with Gasteiger partial charge in [-0.3, -0.25) is 0 Å². The van der Waals surface area contributed by atoms with Crippen molar-refractivity contribution in [3.63, 3.8) is 0 Å². The molecule has 1 heterocycles. The Balaban J connectivity index is 0.000000295. The summed E-state index contributed by atoms with van der Waals surface area (Å²) in [5.41, 5.74) is 0.628. The summed E-state index contributed by atoms with van der Waals surface area (Å²) in [5.74, 6) is -2.49. The van der Waals surface area contributed by atoms with Gasteiger partial charge in [0.25, 0.3) is 0 Å². The van der Waals surface area contributed by atoms with E-state index in [0.717, 1.165) is 19.5 Å². The molecular formula is C14H16F3NO4. The zero-order valence-electron chi connectivity index (χ0n) is 11.6. The molecule has 2 N–H and O–H groups in total. The maximum absolute atomic E-state index is 11.6. The normalized spacial score (nSPS) is 17.3. The lowest BCUT2D eigenvalue weighted by atomic mass is 10.1. The molecule has 0 spiro atoms. The van der Waals surface area contributed by atoms with E-state index in [1.54, 1.807) is 12.1 Å². The van der Waals surface area contributed by atoms with E-state index in [1.165, 1.54) is 0 Å². The smallest absolute Gasteiger partial charge is 0.475 e. The predicted octanol–water partition coefficient (Wildman–Crippen LogP) is 2.09. The molecular weight excluding hydrogens is 303 g/mol. The van der Waals surface area contributed by atoms with Crippen molar-refractivity contribution in [1.29, 1.82) is 0 Å². The van der Waals surface area contributed by atoms with Crippen molar-refractivity contribution in [2.45, 2.75) is 12.6 Å². The third-order valence-corrected chi connectivity index (χ3v) is 2.86. The summed E-state index contributed by atoms with van der Waals surface area (Å²) in [5, 5.41) is 10.4. The monoisotopic (exact) mass is 319 g/mol. The predicted molar refractivity (Wildman–Crippen MR) is 71.4 cm³/mol. The van der Waals surface area contributed by atoms with Crippen LogP contribution in [0.4, 0.5) is 13.2 Å². The number of rotatable bonds is 3. The molecule has 0 aliphatic carbocycles. The summed E-state index contributed by atoms with van der Waals surface area (Å²) < 4.78 is 37.0. The number of halogens is 3. The van der Waals surface area contributed by atoms with Gasteiger partial charge in [-0.1, -0.05) is 18.2 Å². The van der Waals surface area contributed by atoms with Crippen LogP contribution in [-0.2, 0) is 9.53 Å². The summed E-state index contributed by atoms with van der Waals surface area (Å²) in [7, 11) is 0. The Morgan fingerprint density at radius 2 is 1.86 bits per heavy atom. The first kappa shape index (κ1) is 18.0. The van der Waals surface area contributed by atoms with Crippen LogP contribution in [0.25, 0.3) is 0 Å². The van der Waals surface area contributed by atoms with E-state index in [2.05, 4.69) is 5.32 Å². The third-order valence-electron chi connectivity index (χ3n) is 2.86. The molecule has 5 nitrogen and oxygen atoms in total. The van der Waals surface area contributed by atoms with Crippen LogP contribution in [0.2, 0.25) is 0 Å². The number of carboxylic acids is 1. The van der Waals surface area contributed by atoms with Crippen molar-refractivity contribution < 1.29 is 32.6 Å². The van der Waals surface area contributed by atoms with E-state index in [4.69, 9.17) is 14.6 Å². The Morgan fingerprint density at radius 1 is 1.27 bits per heavy atom. The van der Waals surface area contributed by atoms with E-state index in [0.29, 0.717) is 18.1 Å². The molecule has 1 aliphatic heterocycles. The minimum atomic E-state index is -5.08. The quantitative estimate of drug-likeness (QED) is 0.834. The number of carboxylic acid groups (broad SMARTS) is 1. The lowest BCUT2D eigenvalue weighted by Gasteiger charge is -2.09. The van der Waals surface area contributed by atoms with E-state index in [1.807, 2.05) is 18.2 Å². The molecule has 0 unspecified atom stereocenters. The summed E-state index contributed by atoms with van der Waals surface area (Å²) in [6, 6.07) is 9.11. The van der Waals surface area contributed by atoms with Crippen LogP contribution in [0.1, 0.15) is 16.8 Å². The number of hydrogen-bond donors (Lipinski definition) is 2. The van der Waals surface area contributed by atoms with Crippen LogP contribution in [0.15, 0.2) is 30.3 Å². The van der Waals surface area contributed by atoms with Gasteiger partial charge in [-0.05, 0) is 25.1 Å². The zero-order chi connectivity index (χ0) is 16.6. The SMILES string of the molecule is O=C(O)C(F)(F)F.O=C(OC[C@H]1CCNC1)c1ccccc1. The van der Waals surface area contributed by atoms with Crippen LogP contribution in [0.3, 0.4) is 0 Å². The van der Waals surface area contributed by atoms with Gasteiger partial charge < -0.3 is 15.2 Å². The molecule has 1 aromatic carbocycles. The molecule has 0 radical (unpaired) electrons. The fourth-order valence-electron chi connectivity index (χ4n) is 1.71. The number of carbonyl (C=O) groups is 2. The molecule has 1 saturated heterocycles. The number of esters is 1. The van der Waals surface area contributed by atoms with Crippen LogP contribution in [-0.4, -0.2) is 42.9 Å². The Morgan fingerprint density at radius 3 is 2.32 bits per heavy atom. The average molecular weight is 319 g/mol. The molecule has 1 aliphatic rings. The number of ether oxygens (including phenoxy) is 1. The maximum atomic E-state index is 11.6. The highest BCUT2D eigenvalue weighted by Gasteiger charge is 2.38. The summed E-state index contributed by atoms with van der Waals surface area (Å²) >= 11 is 0. The molecule has 1 aromatic rings. The molecule has 0 bridgehead atoms. The molecule has 2 rings (SSSR count). The van der Waals surface area contributed by atoms with Crippen LogP contribution in [0.5, 0.6) is 0 Å². The van der Waals surface area contributed by atoms with E-state index in [-0.39, 0.29) is 5.97 Å². The maximum Gasteiger partial charge on any atom is 0.490 e. The second-order valence-corrected chi connectivity index (χ2v) is 4.63. The van der Waals surface area contributed by atoms with Crippen molar-refractivity contribution in [1.82, 2.24) is 5.32 Å². The molecule has 0 saturated carbocycles. The lowest BCUT2D eigenvalue weighted by molar-refractivity contribution is -0.192. The van der Waals surface area contributed by atoms with Gasteiger partial charge in [0.1, 0.15) is 0 Å². The Bertz CT molecular complexity index is 485. The summed E-state index contributed by atoms with van der Waals surface area (Å²) in [4.78, 5) is 20.5. The molecule has 22 heavy (non-hydrogen) atoms. The van der Waals surface area contributed by atoms with E-state index in [9.17, 15) is 18.0 Å². The van der Waals surface area contributed by atoms with E-state index < -0.39 is 12.1 Å². The van der Waals surface area contributed by atoms with E-state index >= 15 is 0 Å². The number of aliphatic carboxylic acids is 1. The summed E-state index contributed by atoms with van der Waals surface area (Å²) in [6.45, 7) is 2.52. The fraction of sp³-hybridized carbons (Fsp3) is 0.429. The van der Waals surface area contributed by atoms with Crippen LogP contribution >= 0.6 is 0 Å². The van der Waals surface area contributed by atoms with Gasteiger partial charge in [-0.15, -0.1) is 0 Å². The number of hydrogen-bond acceptors (Lipinski definition) is 4. The average Bonchev–Trinajstić information content (AvgIpc) is 2.98. The first-order valence-electron chi connectivity index (χ1n) is 6.53. The van der Waals surface area contributed by atoms with Gasteiger partial charge in [0.15, 0.2) is 0 Å². The van der Waals surface area contributed by atoms with Crippen molar-refractivity contribution in [2.24, 2.45) is 5.92 Å². The van der Waals surface area contributed by atoms with Crippen molar-refractivity contribution in [3.8, 4) is 0 Å². The first-order chi connectivity index (χ1) is 10.3. The van der Waals surface area contributed by atoms with Gasteiger partial charge in [0, 0.05) is 12.5 Å². The molecule has 0 amide bonds. The Hall–Kier alpha value is -2.09. The molecule has 1 atom stereocenters. The molecule has 122 valence electrons. The molecule has 1 fully saturated rings.